The Morgan fingerprint density at radius 1 is 1.00 bits per heavy atom. The van der Waals surface area contributed by atoms with Crippen LogP contribution in [0.1, 0.15) is 10.4 Å². The lowest BCUT2D eigenvalue weighted by molar-refractivity contribution is 0.0998. The first-order valence-electron chi connectivity index (χ1n) is 7.34. The molecule has 3 aromatic carbocycles. The number of amides is 1. The summed E-state index contributed by atoms with van der Waals surface area (Å²) < 4.78 is 26.7. The Morgan fingerprint density at radius 2 is 1.63 bits per heavy atom. The summed E-state index contributed by atoms with van der Waals surface area (Å²) in [4.78, 5) is 35.0. The molecule has 5 N–H and O–H groups in total. The minimum Gasteiger partial charge on any atom is -0.505 e. The molecule has 0 aromatic heterocycles. The third kappa shape index (κ3) is 3.20. The summed E-state index contributed by atoms with van der Waals surface area (Å²) in [7, 11) is 0. The van der Waals surface area contributed by atoms with Gasteiger partial charge in [-0.05, 0) is 24.3 Å². The topological polar surface area (TPSA) is 122 Å². The molecule has 0 aliphatic rings. The van der Waals surface area contributed by atoms with Crippen LogP contribution in [-0.2, 0) is 0 Å². The minimum absolute atomic E-state index is 0.0653. The molecule has 0 aliphatic heterocycles. The molecular weight excluding hydrogens is 384 g/mol. The van der Waals surface area contributed by atoms with Gasteiger partial charge in [-0.3, -0.25) is 14.4 Å². The standard InChI is InChI=1S/C17H10ClF2N3O4/c18-8-3-2-7(17(21)27)14(24)11(8)23-13-12(15(25)16(13)26)22-10-4-1-6(19)5-9(10)20/h1-5,22-24H,(H2,21,27). The lowest BCUT2D eigenvalue weighted by Gasteiger charge is -2.17. The van der Waals surface area contributed by atoms with E-state index in [4.69, 9.17) is 17.3 Å². The number of hydrogen-bond donors (Lipinski definition) is 4. The zero-order chi connectivity index (χ0) is 19.9. The number of nitrogens with two attached hydrogens (primary N) is 1. The summed E-state index contributed by atoms with van der Waals surface area (Å²) >= 11 is 5.95. The molecule has 0 fully saturated rings. The molecule has 10 heteroatoms. The van der Waals surface area contributed by atoms with Gasteiger partial charge in [-0.25, -0.2) is 8.78 Å². The lowest BCUT2D eigenvalue weighted by atomic mass is 10.1. The molecule has 27 heavy (non-hydrogen) atoms. The van der Waals surface area contributed by atoms with Crippen LogP contribution < -0.4 is 27.2 Å². The number of hydrogen-bond acceptors (Lipinski definition) is 6. The number of carbonyl (C=O) groups is 1. The van der Waals surface area contributed by atoms with Crippen LogP contribution in [0.2, 0.25) is 5.02 Å². The Labute approximate surface area is 154 Å². The molecular formula is C17H10ClF2N3O4. The van der Waals surface area contributed by atoms with Gasteiger partial charge in [-0.1, -0.05) is 11.6 Å². The molecule has 3 aromatic rings. The Morgan fingerprint density at radius 3 is 2.22 bits per heavy atom. The molecule has 0 unspecified atom stereocenters. The van der Waals surface area contributed by atoms with E-state index in [0.717, 1.165) is 12.1 Å². The summed E-state index contributed by atoms with van der Waals surface area (Å²) in [5, 5.41) is 14.9. The van der Waals surface area contributed by atoms with E-state index in [9.17, 15) is 28.3 Å². The summed E-state index contributed by atoms with van der Waals surface area (Å²) in [6.45, 7) is 0. The highest BCUT2D eigenvalue weighted by molar-refractivity contribution is 6.34. The molecule has 0 heterocycles. The maximum atomic E-state index is 13.8. The van der Waals surface area contributed by atoms with Crippen LogP contribution in [0.25, 0.3) is 0 Å². The average molecular weight is 394 g/mol. The number of anilines is 4. The van der Waals surface area contributed by atoms with Crippen molar-refractivity contribution in [2.24, 2.45) is 5.73 Å². The molecule has 0 spiro atoms. The van der Waals surface area contributed by atoms with Gasteiger partial charge in [0.25, 0.3) is 16.8 Å². The van der Waals surface area contributed by atoms with Gasteiger partial charge in [0, 0.05) is 6.07 Å². The van der Waals surface area contributed by atoms with Crippen molar-refractivity contribution in [1.29, 1.82) is 0 Å². The van der Waals surface area contributed by atoms with Gasteiger partial charge < -0.3 is 21.5 Å². The maximum Gasteiger partial charge on any atom is 0.253 e. The van der Waals surface area contributed by atoms with Crippen LogP contribution in [0.3, 0.4) is 0 Å². The molecule has 0 saturated carbocycles. The second kappa shape index (κ2) is 6.69. The number of carbonyl (C=O) groups excluding carboxylic acids is 1. The number of benzene rings is 2. The Bertz CT molecular complexity index is 1160. The SMILES string of the molecule is NC(=O)c1ccc(Cl)c(Nc2c(Nc3ccc(F)cc3F)c(=O)c2=O)c1O. The second-order valence-corrected chi connectivity index (χ2v) is 5.87. The van der Waals surface area contributed by atoms with E-state index in [1.807, 2.05) is 0 Å². The average Bonchev–Trinajstić information content (AvgIpc) is 2.61. The third-order valence-electron chi connectivity index (χ3n) is 3.74. The van der Waals surface area contributed by atoms with Crippen LogP contribution in [0.4, 0.5) is 31.5 Å². The van der Waals surface area contributed by atoms with Crippen LogP contribution in [0.5, 0.6) is 5.75 Å². The molecule has 0 radical (unpaired) electrons. The van der Waals surface area contributed by atoms with E-state index in [1.54, 1.807) is 0 Å². The van der Waals surface area contributed by atoms with Crippen LogP contribution in [-0.4, -0.2) is 11.0 Å². The predicted octanol–water partition coefficient (Wildman–Crippen LogP) is 2.51. The number of primary amides is 1. The van der Waals surface area contributed by atoms with Gasteiger partial charge in [0.05, 0.1) is 16.3 Å². The quantitative estimate of drug-likeness (QED) is 0.390. The van der Waals surface area contributed by atoms with Crippen molar-refractivity contribution in [3.05, 3.63) is 73.0 Å². The summed E-state index contributed by atoms with van der Waals surface area (Å²) in [6, 6.07) is 5.04. The number of halogens is 3. The molecule has 0 atom stereocenters. The first-order valence-corrected chi connectivity index (χ1v) is 7.72. The fourth-order valence-corrected chi connectivity index (χ4v) is 2.56. The second-order valence-electron chi connectivity index (χ2n) is 5.47. The smallest absolute Gasteiger partial charge is 0.253 e. The Hall–Kier alpha value is -3.46. The Kier molecular flexibility index (Phi) is 4.54. The monoisotopic (exact) mass is 393 g/mol. The van der Waals surface area contributed by atoms with Crippen molar-refractivity contribution in [3.63, 3.8) is 0 Å². The molecule has 1 amide bonds. The van der Waals surface area contributed by atoms with E-state index >= 15 is 0 Å². The van der Waals surface area contributed by atoms with Crippen LogP contribution >= 0.6 is 11.6 Å². The van der Waals surface area contributed by atoms with E-state index in [1.165, 1.54) is 12.1 Å². The molecule has 0 bridgehead atoms. The van der Waals surface area contributed by atoms with Gasteiger partial charge in [-0.2, -0.15) is 0 Å². The van der Waals surface area contributed by atoms with E-state index < -0.39 is 34.1 Å². The highest BCUT2D eigenvalue weighted by Crippen LogP contribution is 2.38. The van der Waals surface area contributed by atoms with Crippen molar-refractivity contribution < 1.29 is 18.7 Å². The summed E-state index contributed by atoms with van der Waals surface area (Å²) in [6.07, 6.45) is 0. The normalized spacial score (nSPS) is 10.8. The minimum atomic E-state index is -0.981. The Balaban J connectivity index is 2.00. The zero-order valence-electron chi connectivity index (χ0n) is 13.3. The predicted molar refractivity (Wildman–Crippen MR) is 95.9 cm³/mol. The highest BCUT2D eigenvalue weighted by atomic mass is 35.5. The molecule has 0 aliphatic carbocycles. The van der Waals surface area contributed by atoms with E-state index in [-0.39, 0.29) is 33.3 Å². The van der Waals surface area contributed by atoms with E-state index in [2.05, 4.69) is 10.6 Å². The van der Waals surface area contributed by atoms with Gasteiger partial charge in [-0.15, -0.1) is 0 Å². The van der Waals surface area contributed by atoms with Gasteiger partial charge in [0.2, 0.25) is 0 Å². The summed E-state index contributed by atoms with van der Waals surface area (Å²) in [5.74, 6) is -3.36. The van der Waals surface area contributed by atoms with Crippen molar-refractivity contribution in [2.45, 2.75) is 0 Å². The zero-order valence-corrected chi connectivity index (χ0v) is 14.0. The van der Waals surface area contributed by atoms with Crippen molar-refractivity contribution in [3.8, 4) is 5.75 Å². The van der Waals surface area contributed by atoms with E-state index in [0.29, 0.717) is 6.07 Å². The number of aromatic hydroxyl groups is 1. The van der Waals surface area contributed by atoms with Gasteiger partial charge >= 0.3 is 0 Å². The van der Waals surface area contributed by atoms with Crippen molar-refractivity contribution in [2.75, 3.05) is 10.6 Å². The molecule has 0 saturated heterocycles. The highest BCUT2D eigenvalue weighted by Gasteiger charge is 2.25. The van der Waals surface area contributed by atoms with Crippen LogP contribution in [0, 0.1) is 11.6 Å². The fraction of sp³-hybridized carbons (Fsp3) is 0. The van der Waals surface area contributed by atoms with Gasteiger partial charge in [0.1, 0.15) is 28.7 Å². The largest absolute Gasteiger partial charge is 0.505 e. The first-order chi connectivity index (χ1) is 12.7. The fourth-order valence-electron chi connectivity index (χ4n) is 2.36. The van der Waals surface area contributed by atoms with Gasteiger partial charge in [0.15, 0.2) is 5.75 Å². The summed E-state index contributed by atoms with van der Waals surface area (Å²) in [5.41, 5.74) is 1.84. The maximum absolute atomic E-state index is 13.8. The molecule has 7 nitrogen and oxygen atoms in total. The number of rotatable bonds is 5. The third-order valence-corrected chi connectivity index (χ3v) is 4.06. The number of phenols is 1. The molecule has 3 rings (SSSR count). The number of nitrogens with one attached hydrogen (secondary N) is 2. The van der Waals surface area contributed by atoms with Crippen molar-refractivity contribution >= 4 is 40.3 Å². The first kappa shape index (κ1) is 18.3. The van der Waals surface area contributed by atoms with Crippen LogP contribution in [0.15, 0.2) is 39.9 Å². The molecule has 138 valence electrons. The van der Waals surface area contributed by atoms with Crippen molar-refractivity contribution in [1.82, 2.24) is 0 Å². The lowest BCUT2D eigenvalue weighted by Crippen LogP contribution is -2.36.